The van der Waals surface area contributed by atoms with Crippen LogP contribution < -0.4 is 10.2 Å². The number of aryl methyl sites for hydroxylation is 1. The maximum Gasteiger partial charge on any atom is 0.226 e. The topological polar surface area (TPSA) is 92.3 Å². The van der Waals surface area contributed by atoms with Gasteiger partial charge < -0.3 is 10.2 Å². The van der Waals surface area contributed by atoms with Crippen molar-refractivity contribution in [3.05, 3.63) is 23.9 Å². The molecule has 2 fully saturated rings. The van der Waals surface area contributed by atoms with E-state index in [4.69, 9.17) is 0 Å². The average Bonchev–Trinajstić information content (AvgIpc) is 2.85. The summed E-state index contributed by atoms with van der Waals surface area (Å²) in [6.07, 6.45) is 3.58. The number of amides is 1. The fourth-order valence-electron chi connectivity index (χ4n) is 3.81. The highest BCUT2D eigenvalue weighted by molar-refractivity contribution is 7.90. The Labute approximate surface area is 146 Å². The summed E-state index contributed by atoms with van der Waals surface area (Å²) in [7, 11) is -3.30. The zero-order valence-corrected chi connectivity index (χ0v) is 15.0. The summed E-state index contributed by atoms with van der Waals surface area (Å²) in [5.41, 5.74) is 1.43. The summed E-state index contributed by atoms with van der Waals surface area (Å²) >= 11 is 0. The highest BCUT2D eigenvalue weighted by atomic mass is 32.2. The summed E-state index contributed by atoms with van der Waals surface area (Å²) in [4.78, 5) is 23.5. The first kappa shape index (κ1) is 16.3. The number of fused-ring (bicyclic) bond motifs is 3. The summed E-state index contributed by atoms with van der Waals surface area (Å²) in [6.45, 7) is 2.50. The van der Waals surface area contributed by atoms with Gasteiger partial charge in [0.25, 0.3) is 0 Å². The number of aromatic nitrogens is 2. The van der Waals surface area contributed by atoms with Crippen molar-refractivity contribution >= 4 is 32.6 Å². The lowest BCUT2D eigenvalue weighted by Crippen LogP contribution is -2.39. The Bertz CT molecular complexity index is 973. The first-order chi connectivity index (χ1) is 11.8. The highest BCUT2D eigenvalue weighted by Crippen LogP contribution is 2.33. The predicted molar refractivity (Wildman–Crippen MR) is 94.3 cm³/mol. The lowest BCUT2D eigenvalue weighted by molar-refractivity contribution is -0.121. The van der Waals surface area contributed by atoms with Crippen LogP contribution in [0.2, 0.25) is 0 Å². The molecule has 0 unspecified atom stereocenters. The SMILES string of the molecule is Cc1nc(N2[C@@H]3CC[C@H]2CNC(=O)C3)nc2cc(S(C)(=O)=O)ccc12. The van der Waals surface area contributed by atoms with E-state index in [1.165, 1.54) is 6.26 Å². The lowest BCUT2D eigenvalue weighted by Gasteiger charge is -2.27. The molecule has 2 aliphatic rings. The minimum atomic E-state index is -3.30. The third-order valence-corrected chi connectivity index (χ3v) is 6.19. The fourth-order valence-corrected chi connectivity index (χ4v) is 4.45. The molecule has 0 spiro atoms. The number of sulfone groups is 1. The van der Waals surface area contributed by atoms with Gasteiger partial charge in [0.1, 0.15) is 0 Å². The van der Waals surface area contributed by atoms with Crippen LogP contribution in [0.25, 0.3) is 10.9 Å². The maximum atomic E-state index is 11.8. The van der Waals surface area contributed by atoms with E-state index >= 15 is 0 Å². The van der Waals surface area contributed by atoms with Crippen LogP contribution >= 0.6 is 0 Å². The maximum absolute atomic E-state index is 11.8. The van der Waals surface area contributed by atoms with Crippen LogP contribution in [0.1, 0.15) is 25.0 Å². The van der Waals surface area contributed by atoms with E-state index in [-0.39, 0.29) is 22.9 Å². The van der Waals surface area contributed by atoms with E-state index in [9.17, 15) is 13.2 Å². The van der Waals surface area contributed by atoms with E-state index in [2.05, 4.69) is 20.2 Å². The molecule has 2 saturated heterocycles. The molecule has 0 saturated carbocycles. The number of nitrogens with zero attached hydrogens (tertiary/aromatic N) is 3. The van der Waals surface area contributed by atoms with Crippen molar-refractivity contribution in [1.29, 1.82) is 0 Å². The monoisotopic (exact) mass is 360 g/mol. The molecular formula is C17H20N4O3S. The van der Waals surface area contributed by atoms with Gasteiger partial charge in [-0.25, -0.2) is 18.4 Å². The normalized spacial score (nSPS) is 23.6. The summed E-state index contributed by atoms with van der Waals surface area (Å²) in [5, 5.41) is 3.78. The molecule has 1 aromatic carbocycles. The van der Waals surface area contributed by atoms with E-state index in [0.717, 1.165) is 23.9 Å². The molecule has 3 heterocycles. The van der Waals surface area contributed by atoms with Gasteiger partial charge in [0, 0.05) is 36.7 Å². The van der Waals surface area contributed by atoms with Crippen molar-refractivity contribution in [3.63, 3.8) is 0 Å². The molecule has 1 N–H and O–H groups in total. The number of rotatable bonds is 2. The molecule has 4 rings (SSSR count). The highest BCUT2D eigenvalue weighted by Gasteiger charge is 2.39. The van der Waals surface area contributed by atoms with Gasteiger partial charge in [-0.05, 0) is 38.0 Å². The minimum absolute atomic E-state index is 0.0640. The van der Waals surface area contributed by atoms with Crippen LogP contribution in [0.3, 0.4) is 0 Å². The Morgan fingerprint density at radius 1 is 1.20 bits per heavy atom. The van der Waals surface area contributed by atoms with Crippen LogP contribution in [0.5, 0.6) is 0 Å². The molecule has 132 valence electrons. The second-order valence-corrected chi connectivity index (χ2v) is 8.88. The summed E-state index contributed by atoms with van der Waals surface area (Å²) < 4.78 is 23.7. The van der Waals surface area contributed by atoms with Crippen LogP contribution in [0, 0.1) is 6.92 Å². The van der Waals surface area contributed by atoms with Crippen LogP contribution in [-0.2, 0) is 14.6 Å². The van der Waals surface area contributed by atoms with Gasteiger partial charge in [-0.2, -0.15) is 0 Å². The van der Waals surface area contributed by atoms with Crippen molar-refractivity contribution in [3.8, 4) is 0 Å². The molecule has 8 heteroatoms. The van der Waals surface area contributed by atoms with Crippen molar-refractivity contribution in [2.75, 3.05) is 17.7 Å². The molecule has 2 bridgehead atoms. The number of carbonyl (C=O) groups is 1. The van der Waals surface area contributed by atoms with Gasteiger partial charge in [0.15, 0.2) is 9.84 Å². The average molecular weight is 360 g/mol. The van der Waals surface area contributed by atoms with Crippen molar-refractivity contribution in [2.45, 2.75) is 43.2 Å². The molecule has 1 aromatic heterocycles. The van der Waals surface area contributed by atoms with Gasteiger partial charge in [0.2, 0.25) is 11.9 Å². The van der Waals surface area contributed by atoms with E-state index in [1.807, 2.05) is 6.92 Å². The van der Waals surface area contributed by atoms with Gasteiger partial charge in [-0.1, -0.05) is 0 Å². The number of hydrogen-bond acceptors (Lipinski definition) is 6. The van der Waals surface area contributed by atoms with Crippen molar-refractivity contribution in [1.82, 2.24) is 15.3 Å². The van der Waals surface area contributed by atoms with Gasteiger partial charge in [-0.3, -0.25) is 4.79 Å². The Balaban J connectivity index is 1.83. The third kappa shape index (κ3) is 2.84. The molecule has 0 radical (unpaired) electrons. The molecule has 2 aromatic rings. The second-order valence-electron chi connectivity index (χ2n) is 6.86. The Hall–Kier alpha value is -2.22. The Kier molecular flexibility index (Phi) is 3.68. The van der Waals surface area contributed by atoms with Crippen LogP contribution in [-0.4, -0.2) is 49.2 Å². The number of benzene rings is 1. The van der Waals surface area contributed by atoms with E-state index in [0.29, 0.717) is 24.4 Å². The lowest BCUT2D eigenvalue weighted by atomic mass is 10.1. The number of hydrogen-bond donors (Lipinski definition) is 1. The third-order valence-electron chi connectivity index (χ3n) is 5.08. The van der Waals surface area contributed by atoms with Gasteiger partial charge >= 0.3 is 0 Å². The number of carbonyl (C=O) groups excluding carboxylic acids is 1. The molecule has 2 atom stereocenters. The standard InChI is InChI=1S/C17H20N4O3S/c1-10-14-6-5-13(25(2,23)24)8-15(14)20-17(19-10)21-11-3-4-12(21)9-18-16(22)7-11/h5-6,8,11-12H,3-4,7,9H2,1-2H3,(H,18,22)/t11-,12+/m1/s1. The van der Waals surface area contributed by atoms with Crippen LogP contribution in [0.4, 0.5) is 5.95 Å². The smallest absolute Gasteiger partial charge is 0.226 e. The molecule has 2 aliphatic heterocycles. The molecular weight excluding hydrogens is 340 g/mol. The molecule has 25 heavy (non-hydrogen) atoms. The molecule has 0 aliphatic carbocycles. The predicted octanol–water partition coefficient (Wildman–Crippen LogP) is 1.20. The first-order valence-corrected chi connectivity index (χ1v) is 10.3. The number of nitrogens with one attached hydrogen (secondary N) is 1. The summed E-state index contributed by atoms with van der Waals surface area (Å²) in [5.74, 6) is 0.647. The minimum Gasteiger partial charge on any atom is -0.354 e. The van der Waals surface area contributed by atoms with Gasteiger partial charge in [0.05, 0.1) is 16.1 Å². The zero-order valence-electron chi connectivity index (χ0n) is 14.2. The zero-order chi connectivity index (χ0) is 17.8. The fraction of sp³-hybridized carbons (Fsp3) is 0.471. The van der Waals surface area contributed by atoms with E-state index < -0.39 is 9.84 Å². The van der Waals surface area contributed by atoms with Gasteiger partial charge in [-0.15, -0.1) is 0 Å². The Morgan fingerprint density at radius 2 is 1.96 bits per heavy atom. The van der Waals surface area contributed by atoms with Crippen molar-refractivity contribution < 1.29 is 13.2 Å². The first-order valence-electron chi connectivity index (χ1n) is 8.36. The number of anilines is 1. The quantitative estimate of drug-likeness (QED) is 0.865. The summed E-state index contributed by atoms with van der Waals surface area (Å²) in [6, 6.07) is 5.24. The molecule has 1 amide bonds. The molecule has 7 nitrogen and oxygen atoms in total. The van der Waals surface area contributed by atoms with Crippen LogP contribution in [0.15, 0.2) is 23.1 Å². The Morgan fingerprint density at radius 3 is 2.72 bits per heavy atom. The van der Waals surface area contributed by atoms with E-state index in [1.54, 1.807) is 18.2 Å². The largest absolute Gasteiger partial charge is 0.354 e. The second kappa shape index (κ2) is 5.66. The van der Waals surface area contributed by atoms with Crippen molar-refractivity contribution in [2.24, 2.45) is 0 Å².